The number of nitrogens with one attached hydrogen (secondary N) is 1. The monoisotopic (exact) mass is 476 g/mol. The SMILES string of the molecule is Cc1nc2cc(NC(=O)C(C)C)cc(C(=O)N(C)CC[C@H]3CCCCO3)c2n1Cc1ccccc1. The zero-order valence-electron chi connectivity index (χ0n) is 21.2. The highest BCUT2D eigenvalue weighted by atomic mass is 16.5. The number of carbonyl (C=O) groups is 2. The number of aryl methyl sites for hydroxylation is 1. The van der Waals surface area contributed by atoms with Crippen molar-refractivity contribution in [3.8, 4) is 0 Å². The molecule has 1 N–H and O–H groups in total. The Bertz CT molecular complexity index is 1180. The van der Waals surface area contributed by atoms with Crippen LogP contribution in [0.5, 0.6) is 0 Å². The zero-order chi connectivity index (χ0) is 24.9. The Labute approximate surface area is 207 Å². The van der Waals surface area contributed by atoms with E-state index in [9.17, 15) is 9.59 Å². The average molecular weight is 477 g/mol. The quantitative estimate of drug-likeness (QED) is 0.495. The van der Waals surface area contributed by atoms with Crippen molar-refractivity contribution in [2.45, 2.75) is 59.1 Å². The van der Waals surface area contributed by atoms with E-state index in [1.165, 1.54) is 6.42 Å². The summed E-state index contributed by atoms with van der Waals surface area (Å²) in [5.74, 6) is 0.482. The number of amides is 2. The maximum atomic E-state index is 13.7. The molecule has 0 saturated carbocycles. The van der Waals surface area contributed by atoms with Crippen LogP contribution in [0.25, 0.3) is 11.0 Å². The van der Waals surface area contributed by atoms with Crippen molar-refractivity contribution >= 4 is 28.5 Å². The predicted molar refractivity (Wildman–Crippen MR) is 139 cm³/mol. The van der Waals surface area contributed by atoms with Crippen LogP contribution in [-0.4, -0.2) is 52.6 Å². The standard InChI is InChI=1S/C28H36N4O3/c1-19(2)27(33)30-22-16-24(28(34)31(4)14-13-23-12-8-9-15-35-23)26-25(17-22)29-20(3)32(26)18-21-10-6-5-7-11-21/h5-7,10-11,16-17,19,23H,8-9,12-15,18H2,1-4H3,(H,30,33)/t23-/m1/s1. The van der Waals surface area contributed by atoms with Gasteiger partial charge in [-0.25, -0.2) is 4.98 Å². The highest BCUT2D eigenvalue weighted by molar-refractivity contribution is 6.07. The molecule has 0 aliphatic carbocycles. The first-order chi connectivity index (χ1) is 16.8. The highest BCUT2D eigenvalue weighted by Gasteiger charge is 2.23. The lowest BCUT2D eigenvalue weighted by atomic mass is 10.1. The van der Waals surface area contributed by atoms with Gasteiger partial charge >= 0.3 is 0 Å². The number of rotatable bonds is 8. The van der Waals surface area contributed by atoms with E-state index in [-0.39, 0.29) is 23.8 Å². The first-order valence-corrected chi connectivity index (χ1v) is 12.6. The van der Waals surface area contributed by atoms with Gasteiger partial charge in [-0.3, -0.25) is 9.59 Å². The molecule has 186 valence electrons. The molecule has 7 heteroatoms. The van der Waals surface area contributed by atoms with Crippen LogP contribution in [0.4, 0.5) is 5.69 Å². The van der Waals surface area contributed by atoms with Crippen LogP contribution in [-0.2, 0) is 16.1 Å². The number of anilines is 1. The molecule has 1 saturated heterocycles. The molecule has 2 amide bonds. The second-order valence-electron chi connectivity index (χ2n) is 9.77. The van der Waals surface area contributed by atoms with Gasteiger partial charge in [0, 0.05) is 38.3 Å². The van der Waals surface area contributed by atoms with E-state index in [0.717, 1.165) is 42.8 Å². The van der Waals surface area contributed by atoms with Crippen molar-refractivity contribution in [3.63, 3.8) is 0 Å². The minimum Gasteiger partial charge on any atom is -0.378 e. The molecule has 35 heavy (non-hydrogen) atoms. The first-order valence-electron chi connectivity index (χ1n) is 12.6. The number of hydrogen-bond donors (Lipinski definition) is 1. The van der Waals surface area contributed by atoms with E-state index in [1.54, 1.807) is 11.0 Å². The maximum Gasteiger partial charge on any atom is 0.255 e. The molecule has 1 atom stereocenters. The molecular weight excluding hydrogens is 440 g/mol. The van der Waals surface area contributed by atoms with Crippen LogP contribution < -0.4 is 5.32 Å². The van der Waals surface area contributed by atoms with Gasteiger partial charge in [-0.05, 0) is 50.3 Å². The third kappa shape index (κ3) is 5.90. The summed E-state index contributed by atoms with van der Waals surface area (Å²) in [5, 5.41) is 2.95. The van der Waals surface area contributed by atoms with Gasteiger partial charge in [-0.2, -0.15) is 0 Å². The number of nitrogens with zero attached hydrogens (tertiary/aromatic N) is 3. The van der Waals surface area contributed by atoms with E-state index in [4.69, 9.17) is 9.72 Å². The van der Waals surface area contributed by atoms with Crippen LogP contribution in [0.1, 0.15) is 61.3 Å². The van der Waals surface area contributed by atoms with Gasteiger partial charge in [-0.1, -0.05) is 44.2 Å². The van der Waals surface area contributed by atoms with Crippen molar-refractivity contribution in [2.75, 3.05) is 25.5 Å². The lowest BCUT2D eigenvalue weighted by Gasteiger charge is -2.25. The Balaban J connectivity index is 1.69. The Hall–Kier alpha value is -3.19. The largest absolute Gasteiger partial charge is 0.378 e. The lowest BCUT2D eigenvalue weighted by Crippen LogP contribution is -2.32. The molecule has 3 aromatic rings. The van der Waals surface area contributed by atoms with Crippen molar-refractivity contribution in [1.29, 1.82) is 0 Å². The summed E-state index contributed by atoms with van der Waals surface area (Å²) in [4.78, 5) is 32.7. The molecule has 1 fully saturated rings. The molecule has 7 nitrogen and oxygen atoms in total. The Kier molecular flexibility index (Phi) is 7.86. The minimum absolute atomic E-state index is 0.0827. The maximum absolute atomic E-state index is 13.7. The van der Waals surface area contributed by atoms with E-state index in [2.05, 4.69) is 22.0 Å². The molecule has 1 aliphatic heterocycles. The van der Waals surface area contributed by atoms with Crippen molar-refractivity contribution in [1.82, 2.24) is 14.5 Å². The zero-order valence-corrected chi connectivity index (χ0v) is 21.2. The molecule has 0 spiro atoms. The predicted octanol–water partition coefficient (Wildman–Crippen LogP) is 5.02. The number of imidazole rings is 1. The van der Waals surface area contributed by atoms with Crippen LogP contribution in [0.15, 0.2) is 42.5 Å². The number of fused-ring (bicyclic) bond motifs is 1. The summed E-state index contributed by atoms with van der Waals surface area (Å²) in [7, 11) is 1.83. The van der Waals surface area contributed by atoms with E-state index >= 15 is 0 Å². The van der Waals surface area contributed by atoms with Gasteiger partial charge in [0.05, 0.1) is 22.7 Å². The van der Waals surface area contributed by atoms with Crippen molar-refractivity contribution in [3.05, 3.63) is 59.4 Å². The van der Waals surface area contributed by atoms with Crippen LogP contribution in [0.3, 0.4) is 0 Å². The van der Waals surface area contributed by atoms with Crippen molar-refractivity contribution in [2.24, 2.45) is 5.92 Å². The average Bonchev–Trinajstić information content (AvgIpc) is 3.17. The van der Waals surface area contributed by atoms with Gasteiger partial charge in [0.15, 0.2) is 0 Å². The summed E-state index contributed by atoms with van der Waals surface area (Å²) in [5.41, 5.74) is 3.76. The fourth-order valence-corrected chi connectivity index (χ4v) is 4.55. The molecule has 4 rings (SSSR count). The molecular formula is C28H36N4O3. The third-order valence-corrected chi connectivity index (χ3v) is 6.65. The van der Waals surface area contributed by atoms with Gasteiger partial charge in [-0.15, -0.1) is 0 Å². The van der Waals surface area contributed by atoms with Crippen LogP contribution in [0.2, 0.25) is 0 Å². The Morgan fingerprint density at radius 3 is 2.66 bits per heavy atom. The summed E-state index contributed by atoms with van der Waals surface area (Å²) < 4.78 is 7.95. The lowest BCUT2D eigenvalue weighted by molar-refractivity contribution is -0.118. The summed E-state index contributed by atoms with van der Waals surface area (Å²) in [6, 6.07) is 13.8. The van der Waals surface area contributed by atoms with Gasteiger partial charge in [0.2, 0.25) is 5.91 Å². The Morgan fingerprint density at radius 2 is 1.97 bits per heavy atom. The highest BCUT2D eigenvalue weighted by Crippen LogP contribution is 2.28. The number of hydrogen-bond acceptors (Lipinski definition) is 4. The smallest absolute Gasteiger partial charge is 0.255 e. The van der Waals surface area contributed by atoms with Gasteiger partial charge in [0.1, 0.15) is 5.82 Å². The number of benzene rings is 2. The van der Waals surface area contributed by atoms with E-state index in [0.29, 0.717) is 29.9 Å². The molecule has 2 heterocycles. The van der Waals surface area contributed by atoms with Gasteiger partial charge in [0.25, 0.3) is 5.91 Å². The summed E-state index contributed by atoms with van der Waals surface area (Å²) in [6.07, 6.45) is 4.37. The second kappa shape index (κ2) is 11.0. The van der Waals surface area contributed by atoms with E-state index in [1.807, 2.05) is 52.1 Å². The van der Waals surface area contributed by atoms with Crippen LogP contribution >= 0.6 is 0 Å². The number of aromatic nitrogens is 2. The topological polar surface area (TPSA) is 76.5 Å². The fourth-order valence-electron chi connectivity index (χ4n) is 4.55. The molecule has 0 bridgehead atoms. The van der Waals surface area contributed by atoms with Crippen molar-refractivity contribution < 1.29 is 14.3 Å². The normalized spacial score (nSPS) is 16.0. The number of ether oxygens (including phenoxy) is 1. The molecule has 0 radical (unpaired) electrons. The number of carbonyl (C=O) groups excluding carboxylic acids is 2. The first kappa shape index (κ1) is 24.9. The fraction of sp³-hybridized carbons (Fsp3) is 0.464. The van der Waals surface area contributed by atoms with Crippen LogP contribution in [0, 0.1) is 12.8 Å². The van der Waals surface area contributed by atoms with Gasteiger partial charge < -0.3 is 19.5 Å². The summed E-state index contributed by atoms with van der Waals surface area (Å²) >= 11 is 0. The Morgan fingerprint density at radius 1 is 1.20 bits per heavy atom. The summed E-state index contributed by atoms with van der Waals surface area (Å²) in [6.45, 7) is 7.67. The molecule has 1 aliphatic rings. The third-order valence-electron chi connectivity index (χ3n) is 6.65. The molecule has 1 aromatic heterocycles. The molecule has 0 unspecified atom stereocenters. The molecule has 2 aromatic carbocycles. The minimum atomic E-state index is -0.166. The second-order valence-corrected chi connectivity index (χ2v) is 9.77. The van der Waals surface area contributed by atoms with E-state index < -0.39 is 0 Å².